The molecule has 0 aromatic carbocycles. The zero-order valence-corrected chi connectivity index (χ0v) is 10.7. The number of carbonyl (C=O) groups excluding carboxylic acids is 1. The quantitative estimate of drug-likeness (QED) is 0.802. The lowest BCUT2D eigenvalue weighted by molar-refractivity contribution is -0.133. The molecule has 0 N–H and O–H groups in total. The van der Waals surface area contributed by atoms with Gasteiger partial charge in [-0.2, -0.15) is 5.10 Å². The van der Waals surface area contributed by atoms with Gasteiger partial charge in [0, 0.05) is 25.5 Å². The first kappa shape index (κ1) is 12.1. The van der Waals surface area contributed by atoms with Crippen LogP contribution in [0.25, 0.3) is 0 Å². The second-order valence-electron chi connectivity index (χ2n) is 5.12. The highest BCUT2D eigenvalue weighted by Gasteiger charge is 2.24. The molecule has 1 aliphatic carbocycles. The molecule has 1 fully saturated rings. The van der Waals surface area contributed by atoms with Gasteiger partial charge < -0.3 is 4.90 Å². The minimum absolute atomic E-state index is 0.160. The van der Waals surface area contributed by atoms with Crippen LogP contribution in [0.15, 0.2) is 18.5 Å². The Bertz CT molecular complexity index is 353. The Labute approximate surface area is 103 Å². The van der Waals surface area contributed by atoms with Crippen LogP contribution in [0.1, 0.15) is 32.6 Å². The summed E-state index contributed by atoms with van der Waals surface area (Å²) in [5.41, 5.74) is 0. The molecule has 17 heavy (non-hydrogen) atoms. The first-order chi connectivity index (χ1) is 8.16. The molecule has 1 aromatic heterocycles. The fraction of sp³-hybridized carbons (Fsp3) is 0.692. The van der Waals surface area contributed by atoms with Gasteiger partial charge in [-0.05, 0) is 37.7 Å². The van der Waals surface area contributed by atoms with E-state index >= 15 is 0 Å². The summed E-state index contributed by atoms with van der Waals surface area (Å²) in [6.07, 6.45) is 8.30. The predicted molar refractivity (Wildman–Crippen MR) is 66.4 cm³/mol. The molecule has 1 heterocycles. The molecule has 1 aliphatic rings. The lowest BCUT2D eigenvalue weighted by Gasteiger charge is -2.33. The summed E-state index contributed by atoms with van der Waals surface area (Å²) >= 11 is 0. The van der Waals surface area contributed by atoms with Gasteiger partial charge in [0.25, 0.3) is 0 Å². The topological polar surface area (TPSA) is 38.1 Å². The maximum Gasteiger partial charge on any atom is 0.244 e. The van der Waals surface area contributed by atoms with Gasteiger partial charge in [0.15, 0.2) is 0 Å². The maximum atomic E-state index is 12.1. The van der Waals surface area contributed by atoms with Crippen LogP contribution in [0.5, 0.6) is 0 Å². The fourth-order valence-corrected chi connectivity index (χ4v) is 2.48. The molecule has 1 aromatic rings. The third-order valence-corrected chi connectivity index (χ3v) is 3.78. The van der Waals surface area contributed by atoms with Crippen LogP contribution in [0.4, 0.5) is 0 Å². The third-order valence-electron chi connectivity index (χ3n) is 3.78. The van der Waals surface area contributed by atoms with E-state index in [9.17, 15) is 4.79 Å². The predicted octanol–water partition coefficient (Wildman–Crippen LogP) is 1.92. The average Bonchev–Trinajstić information content (AvgIpc) is 2.82. The van der Waals surface area contributed by atoms with E-state index in [0.717, 1.165) is 18.8 Å². The van der Waals surface area contributed by atoms with E-state index in [4.69, 9.17) is 0 Å². The Morgan fingerprint density at radius 3 is 2.71 bits per heavy atom. The molecule has 0 atom stereocenters. The Kier molecular flexibility index (Phi) is 3.82. The van der Waals surface area contributed by atoms with Crippen LogP contribution >= 0.6 is 0 Å². The molecule has 4 heteroatoms. The van der Waals surface area contributed by atoms with Crippen LogP contribution in [0.2, 0.25) is 0 Å². The molecule has 0 bridgehead atoms. The molecular formula is C13H21N3O. The molecule has 94 valence electrons. The van der Waals surface area contributed by atoms with Crippen molar-refractivity contribution in [1.29, 1.82) is 0 Å². The number of carbonyl (C=O) groups is 1. The highest BCUT2D eigenvalue weighted by Crippen LogP contribution is 2.26. The first-order valence-corrected chi connectivity index (χ1v) is 6.40. The van der Waals surface area contributed by atoms with Crippen molar-refractivity contribution in [3.05, 3.63) is 18.5 Å². The third kappa shape index (κ3) is 3.08. The van der Waals surface area contributed by atoms with Gasteiger partial charge in [-0.15, -0.1) is 0 Å². The van der Waals surface area contributed by atoms with Gasteiger partial charge >= 0.3 is 0 Å². The Balaban J connectivity index is 1.86. The summed E-state index contributed by atoms with van der Waals surface area (Å²) in [6, 6.07) is 2.27. The second kappa shape index (κ2) is 5.34. The van der Waals surface area contributed by atoms with Crippen molar-refractivity contribution in [2.45, 2.75) is 45.2 Å². The number of likely N-dealkylation sites (N-methyl/N-ethyl adjacent to an activating group) is 1. The lowest BCUT2D eigenvalue weighted by atomic mass is 9.87. The molecule has 1 amide bonds. The minimum Gasteiger partial charge on any atom is -0.341 e. The van der Waals surface area contributed by atoms with E-state index in [-0.39, 0.29) is 5.91 Å². The van der Waals surface area contributed by atoms with Gasteiger partial charge in [-0.25, -0.2) is 0 Å². The largest absolute Gasteiger partial charge is 0.341 e. The zero-order valence-electron chi connectivity index (χ0n) is 10.7. The number of rotatable bonds is 3. The monoisotopic (exact) mass is 235 g/mol. The van der Waals surface area contributed by atoms with Crippen LogP contribution in [0.3, 0.4) is 0 Å². The van der Waals surface area contributed by atoms with Crippen molar-refractivity contribution in [3.63, 3.8) is 0 Å². The van der Waals surface area contributed by atoms with E-state index < -0.39 is 0 Å². The molecule has 4 nitrogen and oxygen atoms in total. The summed E-state index contributed by atoms with van der Waals surface area (Å²) < 4.78 is 1.68. The lowest BCUT2D eigenvalue weighted by Crippen LogP contribution is -2.40. The van der Waals surface area contributed by atoms with E-state index in [0.29, 0.717) is 12.6 Å². The van der Waals surface area contributed by atoms with E-state index in [1.807, 2.05) is 24.2 Å². The summed E-state index contributed by atoms with van der Waals surface area (Å²) in [7, 11) is 1.92. The molecule has 0 unspecified atom stereocenters. The standard InChI is InChI=1S/C13H21N3O/c1-11-4-6-12(7-5-11)15(2)13(17)10-16-9-3-8-14-16/h3,8-9,11-12H,4-7,10H2,1-2H3. The molecule has 0 aliphatic heterocycles. The SMILES string of the molecule is CC1CCC(N(C)C(=O)Cn2cccn2)CC1. The van der Waals surface area contributed by atoms with Crippen molar-refractivity contribution in [2.75, 3.05) is 7.05 Å². The normalized spacial score (nSPS) is 24.6. The Hall–Kier alpha value is -1.32. The van der Waals surface area contributed by atoms with Crippen molar-refractivity contribution in [3.8, 4) is 0 Å². The maximum absolute atomic E-state index is 12.1. The van der Waals surface area contributed by atoms with Crippen LogP contribution in [-0.2, 0) is 11.3 Å². The number of hydrogen-bond acceptors (Lipinski definition) is 2. The van der Waals surface area contributed by atoms with Crippen molar-refractivity contribution >= 4 is 5.91 Å². The van der Waals surface area contributed by atoms with Gasteiger partial charge in [0.05, 0.1) is 0 Å². The number of hydrogen-bond donors (Lipinski definition) is 0. The molecule has 0 radical (unpaired) electrons. The van der Waals surface area contributed by atoms with Crippen LogP contribution < -0.4 is 0 Å². The van der Waals surface area contributed by atoms with E-state index in [1.54, 1.807) is 10.9 Å². The number of nitrogens with zero attached hydrogens (tertiary/aromatic N) is 3. The Morgan fingerprint density at radius 1 is 1.41 bits per heavy atom. The number of amides is 1. The van der Waals surface area contributed by atoms with Gasteiger partial charge in [-0.1, -0.05) is 6.92 Å². The van der Waals surface area contributed by atoms with Crippen molar-refractivity contribution < 1.29 is 4.79 Å². The average molecular weight is 235 g/mol. The van der Waals surface area contributed by atoms with Gasteiger partial charge in [-0.3, -0.25) is 9.48 Å². The van der Waals surface area contributed by atoms with Gasteiger partial charge in [0.2, 0.25) is 5.91 Å². The van der Waals surface area contributed by atoms with E-state index in [1.165, 1.54) is 12.8 Å². The highest BCUT2D eigenvalue weighted by atomic mass is 16.2. The summed E-state index contributed by atoms with van der Waals surface area (Å²) in [5, 5.41) is 4.06. The molecule has 0 saturated heterocycles. The summed E-state index contributed by atoms with van der Waals surface area (Å²) in [6.45, 7) is 2.65. The molecule has 0 spiro atoms. The minimum atomic E-state index is 0.160. The van der Waals surface area contributed by atoms with Gasteiger partial charge in [0.1, 0.15) is 6.54 Å². The van der Waals surface area contributed by atoms with Crippen LogP contribution in [-0.4, -0.2) is 33.7 Å². The smallest absolute Gasteiger partial charge is 0.244 e. The highest BCUT2D eigenvalue weighted by molar-refractivity contribution is 5.75. The molecule has 1 saturated carbocycles. The zero-order chi connectivity index (χ0) is 12.3. The second-order valence-corrected chi connectivity index (χ2v) is 5.12. The van der Waals surface area contributed by atoms with Crippen molar-refractivity contribution in [1.82, 2.24) is 14.7 Å². The fourth-order valence-electron chi connectivity index (χ4n) is 2.48. The van der Waals surface area contributed by atoms with E-state index in [2.05, 4.69) is 12.0 Å². The number of aromatic nitrogens is 2. The first-order valence-electron chi connectivity index (χ1n) is 6.40. The summed E-state index contributed by atoms with van der Waals surface area (Å²) in [4.78, 5) is 14.0. The molecule has 2 rings (SSSR count). The molecular weight excluding hydrogens is 214 g/mol. The Morgan fingerprint density at radius 2 is 2.12 bits per heavy atom. The van der Waals surface area contributed by atoms with Crippen molar-refractivity contribution in [2.24, 2.45) is 5.92 Å². The van der Waals surface area contributed by atoms with Crippen LogP contribution in [0, 0.1) is 5.92 Å². The summed E-state index contributed by atoms with van der Waals surface area (Å²) in [5.74, 6) is 0.981.